The number of alkyl halides is 2. The first kappa shape index (κ1) is 35.6. The maximum Gasteiger partial charge on any atom is 0.271 e. The van der Waals surface area contributed by atoms with Crippen LogP contribution in [0.15, 0.2) is 48.0 Å². The number of allylic oxidation sites excluding steroid dienone is 2. The van der Waals surface area contributed by atoms with Gasteiger partial charge in [-0.05, 0) is 42.5 Å². The molecular formula is C33H19Cl3F5N3O8. The van der Waals surface area contributed by atoms with Crippen LogP contribution in [0.25, 0.3) is 0 Å². The van der Waals surface area contributed by atoms with Crippen molar-refractivity contribution in [1.29, 1.82) is 0 Å². The summed E-state index contributed by atoms with van der Waals surface area (Å²) in [6, 6.07) is 6.95. The Labute approximate surface area is 303 Å². The van der Waals surface area contributed by atoms with Gasteiger partial charge in [0.15, 0.2) is 44.5 Å². The summed E-state index contributed by atoms with van der Waals surface area (Å²) in [4.78, 5) is 62.2. The van der Waals surface area contributed by atoms with Crippen LogP contribution < -0.4 is 14.5 Å². The van der Waals surface area contributed by atoms with E-state index in [0.717, 1.165) is 36.3 Å². The summed E-state index contributed by atoms with van der Waals surface area (Å²) in [6.45, 7) is 0. The number of hydrogen-bond donors (Lipinski definition) is 1. The van der Waals surface area contributed by atoms with Gasteiger partial charge in [-0.3, -0.25) is 29.3 Å². The van der Waals surface area contributed by atoms with Crippen molar-refractivity contribution in [1.82, 2.24) is 0 Å². The lowest BCUT2D eigenvalue weighted by atomic mass is 9.56. The van der Waals surface area contributed by atoms with E-state index in [4.69, 9.17) is 39.5 Å². The summed E-state index contributed by atoms with van der Waals surface area (Å²) in [5, 5.41) is 21.6. The first-order chi connectivity index (χ1) is 24.4. The number of anilines is 2. The number of nitro groups is 1. The van der Waals surface area contributed by atoms with Gasteiger partial charge in [-0.25, -0.2) is 31.8 Å². The van der Waals surface area contributed by atoms with Crippen molar-refractivity contribution in [2.75, 3.05) is 16.9 Å². The van der Waals surface area contributed by atoms with Crippen LogP contribution in [0.1, 0.15) is 24.3 Å². The average Bonchev–Trinajstić information content (AvgIpc) is 3.45. The van der Waals surface area contributed by atoms with E-state index < -0.39 is 115 Å². The Hall–Kier alpha value is -4.80. The molecule has 19 heteroatoms. The van der Waals surface area contributed by atoms with Gasteiger partial charge in [0, 0.05) is 18.1 Å². The van der Waals surface area contributed by atoms with Crippen molar-refractivity contribution in [3.8, 4) is 11.5 Å². The van der Waals surface area contributed by atoms with Crippen molar-refractivity contribution in [3.63, 3.8) is 0 Å². The molecule has 7 rings (SSSR count). The molecule has 0 radical (unpaired) electrons. The van der Waals surface area contributed by atoms with Crippen LogP contribution in [0.2, 0.25) is 5.02 Å². The number of halogens is 8. The highest BCUT2D eigenvalue weighted by Gasteiger charge is 2.77. The fraction of sp³-hybridized carbons (Fsp3) is 0.273. The minimum Gasteiger partial charge on any atom is -0.503 e. The van der Waals surface area contributed by atoms with Crippen molar-refractivity contribution in [2.45, 2.75) is 28.5 Å². The maximum absolute atomic E-state index is 15.2. The molecule has 11 nitrogen and oxygen atoms in total. The van der Waals surface area contributed by atoms with E-state index in [2.05, 4.69) is 0 Å². The molecule has 270 valence electrons. The fourth-order valence-electron chi connectivity index (χ4n) is 7.86. The third kappa shape index (κ3) is 4.49. The molecule has 3 aromatic carbocycles. The summed E-state index contributed by atoms with van der Waals surface area (Å²) < 4.78 is 78.6. The quantitative estimate of drug-likeness (QED) is 0.0456. The van der Waals surface area contributed by atoms with Crippen LogP contribution >= 0.6 is 34.8 Å². The zero-order valence-electron chi connectivity index (χ0n) is 25.9. The number of rotatable bonds is 5. The van der Waals surface area contributed by atoms with Gasteiger partial charge >= 0.3 is 0 Å². The molecule has 3 aromatic rings. The number of non-ortho nitro benzene ring substituents is 1. The Bertz CT molecular complexity index is 2210. The van der Waals surface area contributed by atoms with E-state index >= 15 is 8.78 Å². The fourth-order valence-corrected chi connectivity index (χ4v) is 9.01. The predicted molar refractivity (Wildman–Crippen MR) is 172 cm³/mol. The number of ether oxygens (including phenoxy) is 1. The number of carbonyl (C=O) groups excluding carboxylic acids is 4. The molecular weight excluding hydrogens is 768 g/mol. The van der Waals surface area contributed by atoms with Crippen molar-refractivity contribution >= 4 is 75.5 Å². The van der Waals surface area contributed by atoms with Crippen LogP contribution in [0.4, 0.5) is 39.0 Å². The molecule has 0 bridgehead atoms. The van der Waals surface area contributed by atoms with E-state index in [9.17, 15) is 47.6 Å². The predicted octanol–water partition coefficient (Wildman–Crippen LogP) is 6.43. The number of nitrogens with zero attached hydrogens (tertiary/aromatic N) is 3. The van der Waals surface area contributed by atoms with E-state index in [1.54, 1.807) is 0 Å². The number of hydrogen-bond acceptors (Lipinski definition) is 8. The van der Waals surface area contributed by atoms with Crippen molar-refractivity contribution in [2.24, 2.45) is 17.8 Å². The Morgan fingerprint density at radius 1 is 0.904 bits per heavy atom. The topological polar surface area (TPSA) is 147 Å². The zero-order chi connectivity index (χ0) is 37.9. The van der Waals surface area contributed by atoms with Gasteiger partial charge in [0.2, 0.25) is 17.6 Å². The standard InChI is InChI=1S/C33H19Cl3F5N3O8/c1-52-18-8-11(7-17(34)27(18)45)20-14-5-6-15-19(29(47)42(28(15)46)12-3-2-4-13(9-12)44(50)51)16(14)10-32(35)30(48)43(31(49)33(20,32)36)26-24(40)22(38)21(37)23(39)25(26)41/h2-5,7-9,15-16,19-20,45H,6,10H2,1H3/t15-,16+,19-,20-,32+,33-/m0/s1. The van der Waals surface area contributed by atoms with Crippen molar-refractivity contribution in [3.05, 3.63) is 97.8 Å². The van der Waals surface area contributed by atoms with Crippen LogP contribution in [0.5, 0.6) is 11.5 Å². The molecule has 0 aromatic heterocycles. The molecule has 2 aliphatic heterocycles. The molecule has 2 aliphatic carbocycles. The number of fused-ring (bicyclic) bond motifs is 4. The van der Waals surface area contributed by atoms with Gasteiger partial charge in [0.25, 0.3) is 17.5 Å². The number of benzene rings is 3. The number of imide groups is 2. The highest BCUT2D eigenvalue weighted by molar-refractivity contribution is 6.58. The minimum absolute atomic E-state index is 0.0956. The molecule has 0 unspecified atom stereocenters. The smallest absolute Gasteiger partial charge is 0.271 e. The normalized spacial score (nSPS) is 28.1. The Morgan fingerprint density at radius 3 is 2.15 bits per heavy atom. The molecule has 1 saturated carbocycles. The van der Waals surface area contributed by atoms with Crippen LogP contribution in [0, 0.1) is 57.0 Å². The van der Waals surface area contributed by atoms with Gasteiger partial charge in [-0.15, -0.1) is 23.2 Å². The molecule has 6 atom stereocenters. The first-order valence-electron chi connectivity index (χ1n) is 15.1. The second kappa shape index (κ2) is 11.9. The van der Waals surface area contributed by atoms with Gasteiger partial charge in [0.05, 0.1) is 34.6 Å². The second-order valence-electron chi connectivity index (χ2n) is 12.5. The molecule has 0 spiro atoms. The highest BCUT2D eigenvalue weighted by Crippen LogP contribution is 2.66. The van der Waals surface area contributed by atoms with Crippen LogP contribution in [0.3, 0.4) is 0 Å². The second-order valence-corrected chi connectivity index (χ2v) is 14.2. The summed E-state index contributed by atoms with van der Waals surface area (Å²) >= 11 is 20.5. The van der Waals surface area contributed by atoms with Crippen molar-refractivity contribution < 1.29 is 55.9 Å². The number of nitro benzene ring substituents is 1. The molecule has 52 heavy (non-hydrogen) atoms. The molecule has 4 amide bonds. The van der Waals surface area contributed by atoms with E-state index in [1.165, 1.54) is 18.2 Å². The Morgan fingerprint density at radius 2 is 1.54 bits per heavy atom. The number of phenols is 1. The third-order valence-electron chi connectivity index (χ3n) is 10.1. The number of amides is 4. The summed E-state index contributed by atoms with van der Waals surface area (Å²) in [6.07, 6.45) is 0.492. The van der Waals surface area contributed by atoms with Gasteiger partial charge in [-0.2, -0.15) is 0 Å². The monoisotopic (exact) mass is 785 g/mol. The lowest BCUT2D eigenvalue weighted by molar-refractivity contribution is -0.384. The Kier molecular flexibility index (Phi) is 8.12. The number of aromatic hydroxyl groups is 1. The number of phenolic OH excluding ortho intramolecular Hbond substituents is 1. The molecule has 2 saturated heterocycles. The third-order valence-corrected chi connectivity index (χ3v) is 11.8. The average molecular weight is 787 g/mol. The molecule has 1 N–H and O–H groups in total. The van der Waals surface area contributed by atoms with Gasteiger partial charge in [0.1, 0.15) is 5.69 Å². The van der Waals surface area contributed by atoms with E-state index in [0.29, 0.717) is 0 Å². The lowest BCUT2D eigenvalue weighted by Gasteiger charge is -2.50. The van der Waals surface area contributed by atoms with E-state index in [1.807, 2.05) is 0 Å². The zero-order valence-corrected chi connectivity index (χ0v) is 28.2. The molecule has 3 fully saturated rings. The maximum atomic E-state index is 15.2. The lowest BCUT2D eigenvalue weighted by Crippen LogP contribution is -2.60. The molecule has 4 aliphatic rings. The van der Waals surface area contributed by atoms with Gasteiger partial charge in [-0.1, -0.05) is 29.3 Å². The largest absolute Gasteiger partial charge is 0.503 e. The van der Waals surface area contributed by atoms with E-state index in [-0.39, 0.29) is 38.9 Å². The number of methoxy groups -OCH3 is 1. The highest BCUT2D eigenvalue weighted by atomic mass is 35.5. The summed E-state index contributed by atoms with van der Waals surface area (Å²) in [5.41, 5.74) is -2.50. The molecule has 2 heterocycles. The first-order valence-corrected chi connectivity index (χ1v) is 16.2. The summed E-state index contributed by atoms with van der Waals surface area (Å²) in [7, 11) is 1.14. The Balaban J connectivity index is 1.44. The van der Waals surface area contributed by atoms with Crippen LogP contribution in [-0.2, 0) is 19.2 Å². The number of carbonyl (C=O) groups is 4. The summed E-state index contributed by atoms with van der Waals surface area (Å²) in [5.74, 6) is -23.9. The minimum atomic E-state index is -2.84. The SMILES string of the molecule is COc1cc([C@H]2C3=CC[C@@H]4C(=O)N(c5cccc([N+](=O)[O-])c5)C(=O)[C@@H]4[C@@H]3C[C@@]3(Cl)C(=O)N(c4c(F)c(F)c(F)c(F)c4F)C(=O)[C@@]23Cl)cc(Cl)c1O. The van der Waals surface area contributed by atoms with Gasteiger partial charge < -0.3 is 9.84 Å². The van der Waals surface area contributed by atoms with Crippen LogP contribution in [-0.4, -0.2) is 50.5 Å².